The third-order valence-corrected chi connectivity index (χ3v) is 2.92. The molecular weight excluding hydrogens is 182 g/mol. The Hall–Kier alpha value is -0.940. The fourth-order valence-electron chi connectivity index (χ4n) is 1.79. The lowest BCUT2D eigenvalue weighted by molar-refractivity contribution is 0.0243. The summed E-state index contributed by atoms with van der Waals surface area (Å²) in [7, 11) is 0. The van der Waals surface area contributed by atoms with Gasteiger partial charge >= 0.3 is 0 Å². The standard InChI is InChI=1S/C9H13N3O2/c13-9(3-4-10-5-9)8-11-7(12-14-8)6-1-2-6/h6,10,13H,1-5H2/t9-/m1/s1. The van der Waals surface area contributed by atoms with Crippen LogP contribution in [0.1, 0.15) is 36.9 Å². The van der Waals surface area contributed by atoms with Crippen molar-refractivity contribution in [2.75, 3.05) is 13.1 Å². The second-order valence-corrected chi connectivity index (χ2v) is 4.19. The van der Waals surface area contributed by atoms with Gasteiger partial charge in [-0.2, -0.15) is 4.98 Å². The summed E-state index contributed by atoms with van der Waals surface area (Å²) < 4.78 is 5.10. The van der Waals surface area contributed by atoms with Crippen LogP contribution in [0.15, 0.2) is 4.52 Å². The molecule has 0 aromatic carbocycles. The van der Waals surface area contributed by atoms with Crippen LogP contribution in [0.25, 0.3) is 0 Å². The molecule has 1 saturated heterocycles. The highest BCUT2D eigenvalue weighted by Crippen LogP contribution is 2.39. The second kappa shape index (κ2) is 2.77. The molecule has 1 aliphatic heterocycles. The van der Waals surface area contributed by atoms with Gasteiger partial charge in [0, 0.05) is 12.5 Å². The van der Waals surface area contributed by atoms with Gasteiger partial charge in [-0.3, -0.25) is 0 Å². The van der Waals surface area contributed by atoms with E-state index in [1.54, 1.807) is 0 Å². The van der Waals surface area contributed by atoms with Crippen molar-refractivity contribution in [2.45, 2.75) is 30.8 Å². The normalized spacial score (nSPS) is 32.4. The maximum Gasteiger partial charge on any atom is 0.259 e. The van der Waals surface area contributed by atoms with E-state index in [-0.39, 0.29) is 0 Å². The Bertz CT molecular complexity index is 340. The Labute approximate surface area is 81.5 Å². The number of aromatic nitrogens is 2. The molecule has 0 bridgehead atoms. The lowest BCUT2D eigenvalue weighted by Gasteiger charge is -2.14. The smallest absolute Gasteiger partial charge is 0.259 e. The lowest BCUT2D eigenvalue weighted by atomic mass is 10.0. The highest BCUT2D eigenvalue weighted by atomic mass is 16.5. The zero-order chi connectivity index (χ0) is 9.60. The monoisotopic (exact) mass is 195 g/mol. The fourth-order valence-corrected chi connectivity index (χ4v) is 1.79. The number of nitrogens with one attached hydrogen (secondary N) is 1. The van der Waals surface area contributed by atoms with Crippen LogP contribution in [0.2, 0.25) is 0 Å². The molecule has 2 N–H and O–H groups in total. The fraction of sp³-hybridized carbons (Fsp3) is 0.778. The Morgan fingerprint density at radius 3 is 3.00 bits per heavy atom. The molecule has 0 radical (unpaired) electrons. The van der Waals surface area contributed by atoms with Gasteiger partial charge in [0.05, 0.1) is 0 Å². The summed E-state index contributed by atoms with van der Waals surface area (Å²) >= 11 is 0. The number of aliphatic hydroxyl groups is 1. The molecule has 1 aromatic rings. The minimum absolute atomic E-state index is 0.379. The second-order valence-electron chi connectivity index (χ2n) is 4.19. The van der Waals surface area contributed by atoms with Crippen LogP contribution < -0.4 is 5.32 Å². The molecule has 0 unspecified atom stereocenters. The van der Waals surface area contributed by atoms with Crippen molar-refractivity contribution < 1.29 is 9.63 Å². The Morgan fingerprint density at radius 1 is 1.50 bits per heavy atom. The van der Waals surface area contributed by atoms with Crippen LogP contribution in [-0.2, 0) is 5.60 Å². The van der Waals surface area contributed by atoms with Gasteiger partial charge in [-0.05, 0) is 25.8 Å². The molecule has 1 saturated carbocycles. The third kappa shape index (κ3) is 1.24. The van der Waals surface area contributed by atoms with Gasteiger partial charge in [0.15, 0.2) is 11.4 Å². The molecular formula is C9H13N3O2. The first-order valence-corrected chi connectivity index (χ1v) is 5.05. The van der Waals surface area contributed by atoms with Gasteiger partial charge in [0.1, 0.15) is 0 Å². The van der Waals surface area contributed by atoms with E-state index in [9.17, 15) is 5.11 Å². The molecule has 0 spiro atoms. The predicted molar refractivity (Wildman–Crippen MR) is 47.7 cm³/mol. The first-order valence-electron chi connectivity index (χ1n) is 5.05. The summed E-state index contributed by atoms with van der Waals surface area (Å²) in [5.74, 6) is 1.62. The summed E-state index contributed by atoms with van der Waals surface area (Å²) in [5.41, 5.74) is -0.930. The lowest BCUT2D eigenvalue weighted by Crippen LogP contribution is -2.28. The van der Waals surface area contributed by atoms with E-state index in [4.69, 9.17) is 4.52 Å². The summed E-state index contributed by atoms with van der Waals surface area (Å²) in [6.07, 6.45) is 2.95. The van der Waals surface area contributed by atoms with Crippen LogP contribution in [0.3, 0.4) is 0 Å². The first kappa shape index (κ1) is 8.38. The largest absolute Gasteiger partial charge is 0.379 e. The molecule has 1 aliphatic carbocycles. The van der Waals surface area contributed by atoms with E-state index in [0.717, 1.165) is 25.2 Å². The minimum atomic E-state index is -0.930. The number of β-amino-alcohol motifs (C(OH)–C–C–N with tert-alkyl or cyclic N) is 1. The van der Waals surface area contributed by atoms with E-state index in [0.29, 0.717) is 24.8 Å². The first-order chi connectivity index (χ1) is 6.78. The Kier molecular flexibility index (Phi) is 1.66. The van der Waals surface area contributed by atoms with E-state index in [1.165, 1.54) is 0 Å². The van der Waals surface area contributed by atoms with Crippen LogP contribution in [-0.4, -0.2) is 28.3 Å². The molecule has 2 heterocycles. The van der Waals surface area contributed by atoms with E-state index in [2.05, 4.69) is 15.5 Å². The Morgan fingerprint density at radius 2 is 2.36 bits per heavy atom. The number of rotatable bonds is 2. The van der Waals surface area contributed by atoms with E-state index in [1.807, 2.05) is 0 Å². The number of nitrogens with zero attached hydrogens (tertiary/aromatic N) is 2. The van der Waals surface area contributed by atoms with Crippen molar-refractivity contribution in [3.63, 3.8) is 0 Å². The van der Waals surface area contributed by atoms with Crippen molar-refractivity contribution in [1.82, 2.24) is 15.5 Å². The van der Waals surface area contributed by atoms with Gasteiger partial charge in [-0.15, -0.1) is 0 Å². The van der Waals surface area contributed by atoms with E-state index < -0.39 is 5.60 Å². The average Bonchev–Trinajstić information content (AvgIpc) is 2.75. The van der Waals surface area contributed by atoms with Crippen LogP contribution >= 0.6 is 0 Å². The molecule has 2 aliphatic rings. The van der Waals surface area contributed by atoms with Crippen molar-refractivity contribution in [3.05, 3.63) is 11.7 Å². The maximum absolute atomic E-state index is 10.1. The quantitative estimate of drug-likeness (QED) is 0.701. The molecule has 5 heteroatoms. The Balaban J connectivity index is 1.87. The number of hydrogen-bond donors (Lipinski definition) is 2. The van der Waals surface area contributed by atoms with Crippen molar-refractivity contribution in [1.29, 1.82) is 0 Å². The van der Waals surface area contributed by atoms with E-state index >= 15 is 0 Å². The average molecular weight is 195 g/mol. The SMILES string of the molecule is O[C@]1(c2nc(C3CC3)no2)CCNC1. The molecule has 3 rings (SSSR count). The van der Waals surface area contributed by atoms with Crippen molar-refractivity contribution >= 4 is 0 Å². The molecule has 14 heavy (non-hydrogen) atoms. The van der Waals surface area contributed by atoms with Gasteiger partial charge in [-0.25, -0.2) is 0 Å². The zero-order valence-corrected chi connectivity index (χ0v) is 7.86. The molecule has 1 aromatic heterocycles. The molecule has 5 nitrogen and oxygen atoms in total. The van der Waals surface area contributed by atoms with Crippen molar-refractivity contribution in [3.8, 4) is 0 Å². The topological polar surface area (TPSA) is 71.2 Å². The number of hydrogen-bond acceptors (Lipinski definition) is 5. The van der Waals surface area contributed by atoms with Gasteiger partial charge in [0.25, 0.3) is 5.89 Å². The summed E-state index contributed by atoms with van der Waals surface area (Å²) in [5, 5.41) is 17.1. The molecule has 2 fully saturated rings. The summed E-state index contributed by atoms with van der Waals surface area (Å²) in [4.78, 5) is 4.26. The van der Waals surface area contributed by atoms with Gasteiger partial charge < -0.3 is 14.9 Å². The van der Waals surface area contributed by atoms with Gasteiger partial charge in [0.2, 0.25) is 0 Å². The highest BCUT2D eigenvalue weighted by molar-refractivity contribution is 5.08. The van der Waals surface area contributed by atoms with Crippen LogP contribution in [0.5, 0.6) is 0 Å². The van der Waals surface area contributed by atoms with Crippen LogP contribution in [0, 0.1) is 0 Å². The molecule has 1 atom stereocenters. The minimum Gasteiger partial charge on any atom is -0.379 e. The van der Waals surface area contributed by atoms with Crippen molar-refractivity contribution in [2.24, 2.45) is 0 Å². The molecule has 76 valence electrons. The van der Waals surface area contributed by atoms with Crippen LogP contribution in [0.4, 0.5) is 0 Å². The summed E-state index contributed by atoms with van der Waals surface area (Å²) in [6, 6.07) is 0. The summed E-state index contributed by atoms with van der Waals surface area (Å²) in [6.45, 7) is 1.32. The van der Waals surface area contributed by atoms with Gasteiger partial charge in [-0.1, -0.05) is 5.16 Å². The zero-order valence-electron chi connectivity index (χ0n) is 7.86. The maximum atomic E-state index is 10.1. The predicted octanol–water partition coefficient (Wildman–Crippen LogP) is 0.128. The molecule has 0 amide bonds. The third-order valence-electron chi connectivity index (χ3n) is 2.92. The highest BCUT2D eigenvalue weighted by Gasteiger charge is 2.40.